The standard InChI is InChI=1S/C22H27N5O/c1-3-5-8-16-11-13-17(14-12-16)26-21-20(23)22(25-15-24-21)27-18-9-6-7-10-19(18)28-4-2/h6-7,9-15H,3-5,8,23H2,1-2H3,(H2,24,25,26,27). The van der Waals surface area contributed by atoms with Crippen molar-refractivity contribution >= 4 is 28.7 Å². The first-order valence-electron chi connectivity index (χ1n) is 9.66. The zero-order chi connectivity index (χ0) is 19.8. The molecule has 0 saturated carbocycles. The van der Waals surface area contributed by atoms with Gasteiger partial charge in [0.2, 0.25) is 0 Å². The molecule has 6 nitrogen and oxygen atoms in total. The maximum absolute atomic E-state index is 6.31. The number of hydrogen-bond donors (Lipinski definition) is 3. The number of aryl methyl sites for hydroxylation is 1. The van der Waals surface area contributed by atoms with Gasteiger partial charge in [0.1, 0.15) is 17.8 Å². The van der Waals surface area contributed by atoms with Crippen LogP contribution in [-0.2, 0) is 6.42 Å². The van der Waals surface area contributed by atoms with Gasteiger partial charge in [-0.2, -0.15) is 0 Å². The van der Waals surface area contributed by atoms with Gasteiger partial charge in [0.25, 0.3) is 0 Å². The fraction of sp³-hybridized carbons (Fsp3) is 0.273. The number of aromatic nitrogens is 2. The maximum Gasteiger partial charge on any atom is 0.159 e. The van der Waals surface area contributed by atoms with E-state index in [-0.39, 0.29) is 0 Å². The molecule has 0 atom stereocenters. The number of rotatable bonds is 9. The molecule has 0 unspecified atom stereocenters. The molecule has 0 amide bonds. The van der Waals surface area contributed by atoms with Crippen LogP contribution >= 0.6 is 0 Å². The highest BCUT2D eigenvalue weighted by atomic mass is 16.5. The molecule has 0 bridgehead atoms. The number of hydrogen-bond acceptors (Lipinski definition) is 6. The van der Waals surface area contributed by atoms with Crippen molar-refractivity contribution in [1.82, 2.24) is 9.97 Å². The van der Waals surface area contributed by atoms with Crippen molar-refractivity contribution in [1.29, 1.82) is 0 Å². The van der Waals surface area contributed by atoms with Crippen LogP contribution in [0, 0.1) is 0 Å². The third-order valence-electron chi connectivity index (χ3n) is 4.36. The number of para-hydroxylation sites is 2. The maximum atomic E-state index is 6.31. The summed E-state index contributed by atoms with van der Waals surface area (Å²) >= 11 is 0. The summed E-state index contributed by atoms with van der Waals surface area (Å²) in [7, 11) is 0. The first kappa shape index (κ1) is 19.5. The summed E-state index contributed by atoms with van der Waals surface area (Å²) < 4.78 is 5.65. The monoisotopic (exact) mass is 377 g/mol. The number of benzene rings is 2. The van der Waals surface area contributed by atoms with Crippen LogP contribution in [0.5, 0.6) is 5.75 Å². The summed E-state index contributed by atoms with van der Waals surface area (Å²) in [6, 6.07) is 16.0. The molecule has 0 aliphatic heterocycles. The number of ether oxygens (including phenoxy) is 1. The molecule has 0 aliphatic carbocycles. The SMILES string of the molecule is CCCCc1ccc(Nc2ncnc(Nc3ccccc3OCC)c2N)cc1. The molecule has 0 radical (unpaired) electrons. The van der Waals surface area contributed by atoms with Crippen LogP contribution in [0.1, 0.15) is 32.3 Å². The van der Waals surface area contributed by atoms with Gasteiger partial charge in [-0.3, -0.25) is 0 Å². The van der Waals surface area contributed by atoms with E-state index < -0.39 is 0 Å². The fourth-order valence-corrected chi connectivity index (χ4v) is 2.85. The minimum absolute atomic E-state index is 0.448. The van der Waals surface area contributed by atoms with E-state index in [0.717, 1.165) is 23.5 Å². The lowest BCUT2D eigenvalue weighted by Crippen LogP contribution is -2.06. The first-order valence-corrected chi connectivity index (χ1v) is 9.66. The minimum atomic E-state index is 0.448. The largest absolute Gasteiger partial charge is 0.492 e. The molecule has 146 valence electrons. The van der Waals surface area contributed by atoms with Crippen LogP contribution in [0.25, 0.3) is 0 Å². The average molecular weight is 377 g/mol. The summed E-state index contributed by atoms with van der Waals surface area (Å²) in [4.78, 5) is 8.57. The lowest BCUT2D eigenvalue weighted by molar-refractivity contribution is 0.342. The third kappa shape index (κ3) is 4.91. The predicted octanol–water partition coefficient (Wildman–Crippen LogP) is 5.29. The molecule has 6 heteroatoms. The molecule has 0 saturated heterocycles. The zero-order valence-electron chi connectivity index (χ0n) is 16.4. The molecule has 3 aromatic rings. The predicted molar refractivity (Wildman–Crippen MR) is 116 cm³/mol. The Labute approximate surface area is 166 Å². The topological polar surface area (TPSA) is 85.1 Å². The van der Waals surface area contributed by atoms with Gasteiger partial charge in [-0.15, -0.1) is 0 Å². The summed E-state index contributed by atoms with van der Waals surface area (Å²) in [5, 5.41) is 6.52. The lowest BCUT2D eigenvalue weighted by atomic mass is 10.1. The van der Waals surface area contributed by atoms with E-state index >= 15 is 0 Å². The summed E-state index contributed by atoms with van der Waals surface area (Å²) in [6.45, 7) is 4.73. The average Bonchev–Trinajstić information content (AvgIpc) is 2.72. The van der Waals surface area contributed by atoms with Gasteiger partial charge < -0.3 is 21.1 Å². The van der Waals surface area contributed by atoms with Gasteiger partial charge >= 0.3 is 0 Å². The Balaban J connectivity index is 1.76. The van der Waals surface area contributed by atoms with Crippen LogP contribution in [0.15, 0.2) is 54.9 Å². The number of nitrogens with zero attached hydrogens (tertiary/aromatic N) is 2. The lowest BCUT2D eigenvalue weighted by Gasteiger charge is -2.15. The second-order valence-corrected chi connectivity index (χ2v) is 6.46. The highest BCUT2D eigenvalue weighted by Gasteiger charge is 2.11. The van der Waals surface area contributed by atoms with E-state index in [1.807, 2.05) is 43.3 Å². The fourth-order valence-electron chi connectivity index (χ4n) is 2.85. The molecule has 28 heavy (non-hydrogen) atoms. The normalized spacial score (nSPS) is 10.5. The van der Waals surface area contributed by atoms with E-state index in [1.54, 1.807) is 0 Å². The van der Waals surface area contributed by atoms with Crippen molar-refractivity contribution in [3.8, 4) is 5.75 Å². The van der Waals surface area contributed by atoms with E-state index in [1.165, 1.54) is 24.7 Å². The molecule has 1 heterocycles. The first-order chi connectivity index (χ1) is 13.7. The highest BCUT2D eigenvalue weighted by Crippen LogP contribution is 2.32. The molecule has 2 aromatic carbocycles. The van der Waals surface area contributed by atoms with Gasteiger partial charge in [0, 0.05) is 5.69 Å². The molecular weight excluding hydrogens is 350 g/mol. The van der Waals surface area contributed by atoms with Crippen LogP contribution in [0.4, 0.5) is 28.7 Å². The van der Waals surface area contributed by atoms with E-state index in [0.29, 0.717) is 23.9 Å². The van der Waals surface area contributed by atoms with Crippen LogP contribution < -0.4 is 21.1 Å². The molecule has 0 aliphatic rings. The minimum Gasteiger partial charge on any atom is -0.492 e. The Morgan fingerprint density at radius 3 is 2.36 bits per heavy atom. The Bertz CT molecular complexity index is 896. The van der Waals surface area contributed by atoms with Crippen molar-refractivity contribution in [2.75, 3.05) is 23.0 Å². The quantitative estimate of drug-likeness (QED) is 0.470. The summed E-state index contributed by atoms with van der Waals surface area (Å²) in [5.41, 5.74) is 9.83. The number of unbranched alkanes of at least 4 members (excludes halogenated alkanes) is 1. The molecular formula is C22H27N5O. The van der Waals surface area contributed by atoms with Gasteiger partial charge in [0.15, 0.2) is 11.6 Å². The zero-order valence-corrected chi connectivity index (χ0v) is 16.4. The van der Waals surface area contributed by atoms with Crippen molar-refractivity contribution in [3.63, 3.8) is 0 Å². The smallest absolute Gasteiger partial charge is 0.159 e. The molecule has 4 N–H and O–H groups in total. The van der Waals surface area contributed by atoms with Crippen molar-refractivity contribution in [3.05, 3.63) is 60.4 Å². The molecule has 0 spiro atoms. The second-order valence-electron chi connectivity index (χ2n) is 6.46. The van der Waals surface area contributed by atoms with Gasteiger partial charge in [-0.1, -0.05) is 37.6 Å². The van der Waals surface area contributed by atoms with Gasteiger partial charge in [-0.05, 0) is 49.6 Å². The van der Waals surface area contributed by atoms with Crippen molar-refractivity contribution < 1.29 is 4.74 Å². The van der Waals surface area contributed by atoms with Crippen molar-refractivity contribution in [2.45, 2.75) is 33.1 Å². The molecule has 1 aromatic heterocycles. The van der Waals surface area contributed by atoms with Crippen LogP contribution in [0.3, 0.4) is 0 Å². The van der Waals surface area contributed by atoms with E-state index in [9.17, 15) is 0 Å². The summed E-state index contributed by atoms with van der Waals surface area (Å²) in [6.07, 6.45) is 4.98. The number of nitrogens with two attached hydrogens (primary N) is 1. The Kier molecular flexibility index (Phi) is 6.68. The van der Waals surface area contributed by atoms with Crippen LogP contribution in [-0.4, -0.2) is 16.6 Å². The van der Waals surface area contributed by atoms with E-state index in [2.05, 4.69) is 39.7 Å². The second kappa shape index (κ2) is 9.60. The highest BCUT2D eigenvalue weighted by molar-refractivity contribution is 5.81. The van der Waals surface area contributed by atoms with Gasteiger partial charge in [-0.25, -0.2) is 9.97 Å². The van der Waals surface area contributed by atoms with E-state index in [4.69, 9.17) is 10.5 Å². The molecule has 0 fully saturated rings. The number of nitrogen functional groups attached to an aromatic ring is 1. The third-order valence-corrected chi connectivity index (χ3v) is 4.36. The summed E-state index contributed by atoms with van der Waals surface area (Å²) in [5.74, 6) is 1.84. The number of nitrogens with one attached hydrogen (secondary N) is 2. The Morgan fingerprint density at radius 2 is 1.64 bits per heavy atom. The molecule has 3 rings (SSSR count). The van der Waals surface area contributed by atoms with Crippen LogP contribution in [0.2, 0.25) is 0 Å². The Morgan fingerprint density at radius 1 is 0.929 bits per heavy atom. The van der Waals surface area contributed by atoms with Gasteiger partial charge in [0.05, 0.1) is 12.3 Å². The van der Waals surface area contributed by atoms with Crippen molar-refractivity contribution in [2.24, 2.45) is 0 Å². The Hall–Kier alpha value is -3.28. The number of anilines is 5.